The zero-order chi connectivity index (χ0) is 13.5. The fraction of sp³-hybridized carbons (Fsp3) is 0.533. The van der Waals surface area contributed by atoms with E-state index >= 15 is 0 Å². The highest BCUT2D eigenvalue weighted by atomic mass is 16.2. The molecule has 0 radical (unpaired) electrons. The molecule has 1 aliphatic heterocycles. The van der Waals surface area contributed by atoms with Crippen molar-refractivity contribution in [1.82, 2.24) is 10.2 Å². The number of carbonyl (C=O) groups excluding carboxylic acids is 1. The van der Waals surface area contributed by atoms with Crippen LogP contribution in [0.5, 0.6) is 0 Å². The fourth-order valence-electron chi connectivity index (χ4n) is 2.44. The van der Waals surface area contributed by atoms with Crippen molar-refractivity contribution in [2.45, 2.75) is 32.2 Å². The molecule has 1 aromatic rings. The van der Waals surface area contributed by atoms with Gasteiger partial charge in [0.05, 0.1) is 0 Å². The normalized spacial score (nSPS) is 15.9. The average molecular weight is 261 g/mol. The Hall–Kier alpha value is -1.55. The number of rotatable bonds is 3. The minimum Gasteiger partial charge on any atom is -0.325 e. The standard InChI is InChI=1S/C15H23N3O/c1-16-12-13-7-6-8-14(11-13)17-15(19)18-9-4-2-3-5-10-18/h6-8,11,16H,2-5,9-10,12H2,1H3,(H,17,19). The van der Waals surface area contributed by atoms with Gasteiger partial charge >= 0.3 is 6.03 Å². The number of hydrogen-bond acceptors (Lipinski definition) is 2. The number of likely N-dealkylation sites (tertiary alicyclic amines) is 1. The smallest absolute Gasteiger partial charge is 0.321 e. The lowest BCUT2D eigenvalue weighted by molar-refractivity contribution is 0.214. The Morgan fingerprint density at radius 1 is 1.21 bits per heavy atom. The molecule has 4 heteroatoms. The van der Waals surface area contributed by atoms with Gasteiger partial charge in [-0.15, -0.1) is 0 Å². The van der Waals surface area contributed by atoms with E-state index in [2.05, 4.69) is 16.7 Å². The second kappa shape index (κ2) is 7.14. The van der Waals surface area contributed by atoms with Crippen molar-refractivity contribution in [2.75, 3.05) is 25.5 Å². The molecule has 0 bridgehead atoms. The van der Waals surface area contributed by atoms with Gasteiger partial charge in [-0.1, -0.05) is 25.0 Å². The van der Waals surface area contributed by atoms with Gasteiger partial charge in [-0.3, -0.25) is 0 Å². The van der Waals surface area contributed by atoms with E-state index in [4.69, 9.17) is 0 Å². The number of carbonyl (C=O) groups is 1. The van der Waals surface area contributed by atoms with Crippen molar-refractivity contribution >= 4 is 11.7 Å². The molecule has 1 aliphatic rings. The van der Waals surface area contributed by atoms with Crippen molar-refractivity contribution in [1.29, 1.82) is 0 Å². The van der Waals surface area contributed by atoms with Crippen LogP contribution in [-0.4, -0.2) is 31.1 Å². The first-order valence-corrected chi connectivity index (χ1v) is 7.09. The molecule has 19 heavy (non-hydrogen) atoms. The van der Waals surface area contributed by atoms with Crippen LogP contribution in [0.2, 0.25) is 0 Å². The predicted molar refractivity (Wildman–Crippen MR) is 78.3 cm³/mol. The second-order valence-corrected chi connectivity index (χ2v) is 5.06. The van der Waals surface area contributed by atoms with Crippen LogP contribution in [0.4, 0.5) is 10.5 Å². The first kappa shape index (κ1) is 13.9. The molecular formula is C15H23N3O. The van der Waals surface area contributed by atoms with E-state index in [-0.39, 0.29) is 6.03 Å². The van der Waals surface area contributed by atoms with Gasteiger partial charge in [-0.05, 0) is 37.6 Å². The number of nitrogens with zero attached hydrogens (tertiary/aromatic N) is 1. The zero-order valence-corrected chi connectivity index (χ0v) is 11.6. The summed E-state index contributed by atoms with van der Waals surface area (Å²) in [5.41, 5.74) is 2.05. The summed E-state index contributed by atoms with van der Waals surface area (Å²) in [5, 5.41) is 6.11. The van der Waals surface area contributed by atoms with Gasteiger partial charge in [-0.25, -0.2) is 4.79 Å². The van der Waals surface area contributed by atoms with Gasteiger partial charge in [0.15, 0.2) is 0 Å². The average Bonchev–Trinajstić information content (AvgIpc) is 2.68. The number of hydrogen-bond donors (Lipinski definition) is 2. The van der Waals surface area contributed by atoms with E-state index in [1.807, 2.05) is 30.1 Å². The molecule has 2 rings (SSSR count). The van der Waals surface area contributed by atoms with Crippen molar-refractivity contribution in [2.24, 2.45) is 0 Å². The maximum atomic E-state index is 12.2. The van der Waals surface area contributed by atoms with Gasteiger partial charge in [0, 0.05) is 25.3 Å². The Morgan fingerprint density at radius 3 is 2.63 bits per heavy atom. The molecule has 1 aromatic carbocycles. The van der Waals surface area contributed by atoms with Crippen molar-refractivity contribution in [3.63, 3.8) is 0 Å². The molecule has 2 amide bonds. The highest BCUT2D eigenvalue weighted by molar-refractivity contribution is 5.89. The van der Waals surface area contributed by atoms with Crippen LogP contribution in [0.15, 0.2) is 24.3 Å². The van der Waals surface area contributed by atoms with E-state index in [1.165, 1.54) is 18.4 Å². The van der Waals surface area contributed by atoms with Gasteiger partial charge in [0.25, 0.3) is 0 Å². The molecule has 0 aliphatic carbocycles. The number of benzene rings is 1. The molecule has 0 atom stereocenters. The summed E-state index contributed by atoms with van der Waals surface area (Å²) in [6, 6.07) is 8.02. The van der Waals surface area contributed by atoms with Gasteiger partial charge in [0.1, 0.15) is 0 Å². The van der Waals surface area contributed by atoms with Crippen LogP contribution in [-0.2, 0) is 6.54 Å². The summed E-state index contributed by atoms with van der Waals surface area (Å²) in [6.45, 7) is 2.57. The molecule has 2 N–H and O–H groups in total. The summed E-state index contributed by atoms with van der Waals surface area (Å²) in [6.07, 6.45) is 4.71. The van der Waals surface area contributed by atoms with Crippen LogP contribution in [0.25, 0.3) is 0 Å². The molecule has 0 saturated carbocycles. The lowest BCUT2D eigenvalue weighted by Gasteiger charge is -2.21. The number of nitrogens with one attached hydrogen (secondary N) is 2. The minimum absolute atomic E-state index is 0.0310. The highest BCUT2D eigenvalue weighted by Gasteiger charge is 2.15. The number of anilines is 1. The molecular weight excluding hydrogens is 238 g/mol. The van der Waals surface area contributed by atoms with Gasteiger partial charge in [0.2, 0.25) is 0 Å². The van der Waals surface area contributed by atoms with E-state index in [9.17, 15) is 4.79 Å². The Labute approximate surface area is 115 Å². The summed E-state index contributed by atoms with van der Waals surface area (Å²) in [4.78, 5) is 14.1. The molecule has 1 saturated heterocycles. The monoisotopic (exact) mass is 261 g/mol. The third-order valence-electron chi connectivity index (χ3n) is 3.45. The van der Waals surface area contributed by atoms with Gasteiger partial charge < -0.3 is 15.5 Å². The van der Waals surface area contributed by atoms with E-state index in [1.54, 1.807) is 0 Å². The summed E-state index contributed by atoms with van der Waals surface area (Å²) in [7, 11) is 1.92. The largest absolute Gasteiger partial charge is 0.325 e. The first-order valence-electron chi connectivity index (χ1n) is 7.09. The Kier molecular flexibility index (Phi) is 5.21. The summed E-state index contributed by atoms with van der Waals surface area (Å²) >= 11 is 0. The SMILES string of the molecule is CNCc1cccc(NC(=O)N2CCCCCC2)c1. The van der Waals surface area contributed by atoms with Crippen LogP contribution < -0.4 is 10.6 Å². The maximum Gasteiger partial charge on any atom is 0.321 e. The Bertz CT molecular complexity index is 412. The fourth-order valence-corrected chi connectivity index (χ4v) is 2.44. The van der Waals surface area contributed by atoms with Crippen molar-refractivity contribution in [3.8, 4) is 0 Å². The van der Waals surface area contributed by atoms with Crippen LogP contribution in [0.1, 0.15) is 31.2 Å². The lowest BCUT2D eigenvalue weighted by atomic mass is 10.2. The van der Waals surface area contributed by atoms with Crippen molar-refractivity contribution in [3.05, 3.63) is 29.8 Å². The zero-order valence-electron chi connectivity index (χ0n) is 11.6. The molecule has 4 nitrogen and oxygen atoms in total. The number of urea groups is 1. The summed E-state index contributed by atoms with van der Waals surface area (Å²) in [5.74, 6) is 0. The molecule has 104 valence electrons. The maximum absolute atomic E-state index is 12.2. The first-order chi connectivity index (χ1) is 9.29. The molecule has 1 heterocycles. The summed E-state index contributed by atoms with van der Waals surface area (Å²) < 4.78 is 0. The van der Waals surface area contributed by atoms with Crippen LogP contribution >= 0.6 is 0 Å². The third kappa shape index (κ3) is 4.24. The quantitative estimate of drug-likeness (QED) is 0.878. The third-order valence-corrected chi connectivity index (χ3v) is 3.45. The van der Waals surface area contributed by atoms with Gasteiger partial charge in [-0.2, -0.15) is 0 Å². The second-order valence-electron chi connectivity index (χ2n) is 5.06. The van der Waals surface area contributed by atoms with Crippen molar-refractivity contribution < 1.29 is 4.79 Å². The van der Waals surface area contributed by atoms with Crippen LogP contribution in [0.3, 0.4) is 0 Å². The molecule has 0 unspecified atom stereocenters. The van der Waals surface area contributed by atoms with E-state index in [0.717, 1.165) is 38.2 Å². The lowest BCUT2D eigenvalue weighted by Crippen LogP contribution is -2.35. The topological polar surface area (TPSA) is 44.4 Å². The van der Waals surface area contributed by atoms with E-state index in [0.29, 0.717) is 0 Å². The number of amides is 2. The minimum atomic E-state index is 0.0310. The molecule has 0 aromatic heterocycles. The predicted octanol–water partition coefficient (Wildman–Crippen LogP) is 2.81. The Balaban J connectivity index is 1.95. The van der Waals surface area contributed by atoms with E-state index < -0.39 is 0 Å². The van der Waals surface area contributed by atoms with Crippen LogP contribution in [0, 0.1) is 0 Å². The molecule has 1 fully saturated rings. The highest BCUT2D eigenvalue weighted by Crippen LogP contribution is 2.14. The Morgan fingerprint density at radius 2 is 1.95 bits per heavy atom. The molecule has 0 spiro atoms.